The van der Waals surface area contributed by atoms with E-state index in [-0.39, 0.29) is 5.91 Å². The van der Waals surface area contributed by atoms with Crippen LogP contribution >= 0.6 is 23.1 Å². The first-order valence-corrected chi connectivity index (χ1v) is 8.12. The van der Waals surface area contributed by atoms with Crippen molar-refractivity contribution >= 4 is 35.0 Å². The van der Waals surface area contributed by atoms with E-state index >= 15 is 0 Å². The molecule has 1 rings (SSSR count). The molecule has 0 fully saturated rings. The molecule has 0 atom stereocenters. The van der Waals surface area contributed by atoms with E-state index in [0.717, 1.165) is 17.1 Å². The van der Waals surface area contributed by atoms with Crippen LogP contribution in [0.2, 0.25) is 0 Å². The number of carbonyl (C=O) groups excluding carboxylic acids is 1. The van der Waals surface area contributed by atoms with Crippen LogP contribution in [0.5, 0.6) is 0 Å². The van der Waals surface area contributed by atoms with E-state index in [1.54, 1.807) is 23.9 Å². The highest BCUT2D eigenvalue weighted by molar-refractivity contribution is 7.99. The number of nitrogens with one attached hydrogen (secondary N) is 1. The average molecular weight is 301 g/mol. The molecule has 106 valence electrons. The highest BCUT2D eigenvalue weighted by Gasteiger charge is 2.08. The molecular formula is C13H19NO3S2. The summed E-state index contributed by atoms with van der Waals surface area (Å²) in [7, 11) is 0. The number of hydrogen-bond acceptors (Lipinski definition) is 4. The Bertz CT molecular complexity index is 429. The van der Waals surface area contributed by atoms with Crippen LogP contribution in [-0.2, 0) is 11.3 Å². The Kier molecular flexibility index (Phi) is 6.94. The molecule has 6 heteroatoms. The molecule has 0 aliphatic heterocycles. The molecule has 0 aromatic carbocycles. The normalized spacial score (nSPS) is 10.7. The van der Waals surface area contributed by atoms with E-state index in [0.29, 0.717) is 23.1 Å². The van der Waals surface area contributed by atoms with Crippen LogP contribution in [0.1, 0.15) is 34.8 Å². The van der Waals surface area contributed by atoms with Gasteiger partial charge < -0.3 is 10.4 Å². The molecule has 1 aromatic rings. The molecule has 1 aromatic heterocycles. The first-order chi connectivity index (χ1) is 8.99. The fourth-order valence-electron chi connectivity index (χ4n) is 1.31. The monoisotopic (exact) mass is 301 g/mol. The second-order valence-electron chi connectivity index (χ2n) is 4.58. The first-order valence-electron chi connectivity index (χ1n) is 6.15. The maximum atomic E-state index is 11.6. The first kappa shape index (κ1) is 16.0. The van der Waals surface area contributed by atoms with E-state index < -0.39 is 5.97 Å². The number of thiophene rings is 1. The molecule has 4 nitrogen and oxygen atoms in total. The van der Waals surface area contributed by atoms with Gasteiger partial charge in [-0.05, 0) is 30.2 Å². The minimum absolute atomic E-state index is 0.000897. The van der Waals surface area contributed by atoms with Crippen molar-refractivity contribution in [3.63, 3.8) is 0 Å². The van der Waals surface area contributed by atoms with Crippen LogP contribution in [0.4, 0.5) is 0 Å². The van der Waals surface area contributed by atoms with Crippen molar-refractivity contribution in [1.82, 2.24) is 5.32 Å². The van der Waals surface area contributed by atoms with Crippen LogP contribution in [0.15, 0.2) is 12.1 Å². The maximum absolute atomic E-state index is 11.6. The van der Waals surface area contributed by atoms with Crippen LogP contribution in [0.3, 0.4) is 0 Å². The van der Waals surface area contributed by atoms with Gasteiger partial charge in [-0.2, -0.15) is 11.8 Å². The van der Waals surface area contributed by atoms with Gasteiger partial charge in [-0.25, -0.2) is 4.79 Å². The Morgan fingerprint density at radius 3 is 2.74 bits per heavy atom. The summed E-state index contributed by atoms with van der Waals surface area (Å²) in [6, 6.07) is 3.30. The van der Waals surface area contributed by atoms with Gasteiger partial charge in [0.25, 0.3) is 0 Å². The number of thioether (sulfide) groups is 1. The van der Waals surface area contributed by atoms with Crippen molar-refractivity contribution in [3.05, 3.63) is 21.9 Å². The van der Waals surface area contributed by atoms with Gasteiger partial charge in [0.15, 0.2) is 0 Å². The van der Waals surface area contributed by atoms with Crippen molar-refractivity contribution < 1.29 is 14.7 Å². The lowest BCUT2D eigenvalue weighted by Gasteiger charge is -2.05. The third kappa shape index (κ3) is 6.63. The van der Waals surface area contributed by atoms with Gasteiger partial charge in [0.2, 0.25) is 5.91 Å². The molecule has 0 saturated heterocycles. The average Bonchev–Trinajstić information content (AvgIpc) is 2.81. The highest BCUT2D eigenvalue weighted by Crippen LogP contribution is 2.16. The van der Waals surface area contributed by atoms with Crippen molar-refractivity contribution in [2.75, 3.05) is 11.5 Å². The molecule has 0 bridgehead atoms. The topological polar surface area (TPSA) is 66.4 Å². The summed E-state index contributed by atoms with van der Waals surface area (Å²) >= 11 is 2.83. The van der Waals surface area contributed by atoms with Crippen molar-refractivity contribution in [1.29, 1.82) is 0 Å². The molecule has 0 aliphatic rings. The molecule has 1 amide bonds. The summed E-state index contributed by atoms with van der Waals surface area (Å²) in [5, 5.41) is 11.6. The molecule has 19 heavy (non-hydrogen) atoms. The zero-order valence-electron chi connectivity index (χ0n) is 11.1. The maximum Gasteiger partial charge on any atom is 0.345 e. The fourth-order valence-corrected chi connectivity index (χ4v) is 3.16. The minimum atomic E-state index is -0.924. The fraction of sp³-hybridized carbons (Fsp3) is 0.538. The lowest BCUT2D eigenvalue weighted by atomic mass is 10.2. The molecule has 0 unspecified atom stereocenters. The van der Waals surface area contributed by atoms with Crippen LogP contribution in [0.25, 0.3) is 0 Å². The highest BCUT2D eigenvalue weighted by atomic mass is 32.2. The van der Waals surface area contributed by atoms with Gasteiger partial charge >= 0.3 is 5.97 Å². The Balaban J connectivity index is 2.20. The third-order valence-electron chi connectivity index (χ3n) is 2.40. The predicted octanol–water partition coefficient (Wildman–Crippen LogP) is 2.84. The van der Waals surface area contributed by atoms with Gasteiger partial charge in [-0.3, -0.25) is 4.79 Å². The van der Waals surface area contributed by atoms with Crippen molar-refractivity contribution in [2.45, 2.75) is 26.8 Å². The third-order valence-corrected chi connectivity index (χ3v) is 4.47. The van der Waals surface area contributed by atoms with E-state index in [1.165, 1.54) is 11.3 Å². The van der Waals surface area contributed by atoms with Crippen LogP contribution in [0, 0.1) is 5.92 Å². The number of carboxylic acids is 1. The van der Waals surface area contributed by atoms with Gasteiger partial charge in [-0.1, -0.05) is 13.8 Å². The molecule has 1 heterocycles. The molecular weight excluding hydrogens is 282 g/mol. The Morgan fingerprint density at radius 1 is 1.42 bits per heavy atom. The summed E-state index contributed by atoms with van der Waals surface area (Å²) in [4.78, 5) is 23.4. The van der Waals surface area contributed by atoms with Crippen LogP contribution in [-0.4, -0.2) is 28.5 Å². The summed E-state index contributed by atoms with van der Waals surface area (Å²) in [6.07, 6.45) is 1.12. The molecule has 0 spiro atoms. The quantitative estimate of drug-likeness (QED) is 0.725. The van der Waals surface area contributed by atoms with Gasteiger partial charge in [-0.15, -0.1) is 11.3 Å². The smallest absolute Gasteiger partial charge is 0.345 e. The lowest BCUT2D eigenvalue weighted by Crippen LogP contribution is -2.24. The van der Waals surface area contributed by atoms with Crippen molar-refractivity contribution in [3.8, 4) is 0 Å². The number of carbonyl (C=O) groups is 2. The van der Waals surface area contributed by atoms with Crippen molar-refractivity contribution in [2.24, 2.45) is 5.92 Å². The van der Waals surface area contributed by atoms with Gasteiger partial charge in [0, 0.05) is 4.88 Å². The summed E-state index contributed by atoms with van der Waals surface area (Å²) in [5.74, 6) is 1.19. The zero-order chi connectivity index (χ0) is 14.3. The summed E-state index contributed by atoms with van der Waals surface area (Å²) in [6.45, 7) is 4.73. The Hall–Kier alpha value is -1.01. The van der Waals surface area contributed by atoms with E-state index in [9.17, 15) is 9.59 Å². The minimum Gasteiger partial charge on any atom is -0.477 e. The number of hydrogen-bond donors (Lipinski definition) is 2. The standard InChI is InChI=1S/C13H19NO3S2/c1-9(2)5-6-18-8-12(15)14-7-10-3-4-11(19-10)13(16)17/h3-4,9H,5-8H2,1-2H3,(H,14,15)(H,16,17). The predicted molar refractivity (Wildman–Crippen MR) is 79.9 cm³/mol. The summed E-state index contributed by atoms with van der Waals surface area (Å²) < 4.78 is 0. The number of aromatic carboxylic acids is 1. The number of rotatable bonds is 8. The Labute approximate surface area is 121 Å². The van der Waals surface area contributed by atoms with Gasteiger partial charge in [0.1, 0.15) is 4.88 Å². The molecule has 2 N–H and O–H groups in total. The molecule has 0 aliphatic carbocycles. The molecule has 0 saturated carbocycles. The SMILES string of the molecule is CC(C)CCSCC(=O)NCc1ccc(C(=O)O)s1. The zero-order valence-corrected chi connectivity index (χ0v) is 12.8. The second kappa shape index (κ2) is 8.22. The van der Waals surface area contributed by atoms with Gasteiger partial charge in [0.05, 0.1) is 12.3 Å². The molecule has 0 radical (unpaired) electrons. The number of carboxylic acid groups (broad SMARTS) is 1. The van der Waals surface area contributed by atoms with E-state index in [2.05, 4.69) is 19.2 Å². The summed E-state index contributed by atoms with van der Waals surface area (Å²) in [5.41, 5.74) is 0. The largest absolute Gasteiger partial charge is 0.477 e. The lowest BCUT2D eigenvalue weighted by molar-refractivity contribution is -0.118. The van der Waals surface area contributed by atoms with Crippen LogP contribution < -0.4 is 5.32 Å². The second-order valence-corrected chi connectivity index (χ2v) is 6.86. The Morgan fingerprint density at radius 2 is 2.16 bits per heavy atom. The van der Waals surface area contributed by atoms with E-state index in [4.69, 9.17) is 5.11 Å². The number of amides is 1. The van der Waals surface area contributed by atoms with E-state index in [1.807, 2.05) is 0 Å².